The third-order valence-electron chi connectivity index (χ3n) is 5.23. The number of rotatable bonds is 9. The Kier molecular flexibility index (Phi) is 7.00. The summed E-state index contributed by atoms with van der Waals surface area (Å²) < 4.78 is 0. The molecule has 2 aromatic carbocycles. The Morgan fingerprint density at radius 2 is 1.62 bits per heavy atom. The Morgan fingerprint density at radius 3 is 2.24 bits per heavy atom. The number of benzene rings is 2. The smallest absolute Gasteiger partial charge is 0.228 e. The summed E-state index contributed by atoms with van der Waals surface area (Å²) in [6.07, 6.45) is 1.09. The molecule has 6 nitrogen and oxygen atoms in total. The summed E-state index contributed by atoms with van der Waals surface area (Å²) in [4.78, 5) is 40.2. The Labute approximate surface area is 171 Å². The van der Waals surface area contributed by atoms with Gasteiger partial charge < -0.3 is 15.5 Å². The van der Waals surface area contributed by atoms with E-state index in [2.05, 4.69) is 0 Å². The quantitative estimate of drug-likeness (QED) is 0.707. The van der Waals surface area contributed by atoms with Gasteiger partial charge in [-0.05, 0) is 17.5 Å². The van der Waals surface area contributed by atoms with E-state index in [9.17, 15) is 14.4 Å². The standard InChI is InChI=1S/C23H27N3O3/c24-21(27)12-14-26(16-19-9-5-2-6-10-19)23(29)20-15-22(28)25(17-20)13-11-18-7-3-1-4-8-18/h1-10,20H,11-17H2,(H2,24,27). The van der Waals surface area contributed by atoms with Crippen molar-refractivity contribution in [1.82, 2.24) is 9.80 Å². The number of hydrogen-bond acceptors (Lipinski definition) is 3. The first-order valence-corrected chi connectivity index (χ1v) is 9.95. The Bertz CT molecular complexity index is 839. The van der Waals surface area contributed by atoms with Crippen LogP contribution in [-0.4, -0.2) is 47.2 Å². The van der Waals surface area contributed by atoms with E-state index in [4.69, 9.17) is 5.73 Å². The highest BCUT2D eigenvalue weighted by molar-refractivity contribution is 5.89. The van der Waals surface area contributed by atoms with E-state index in [1.54, 1.807) is 9.80 Å². The number of nitrogens with zero attached hydrogens (tertiary/aromatic N) is 2. The number of carbonyl (C=O) groups excluding carboxylic acids is 3. The summed E-state index contributed by atoms with van der Waals surface area (Å²) in [5.74, 6) is -0.905. The summed E-state index contributed by atoms with van der Waals surface area (Å²) in [5.41, 5.74) is 7.44. The van der Waals surface area contributed by atoms with Gasteiger partial charge >= 0.3 is 0 Å². The van der Waals surface area contributed by atoms with Gasteiger partial charge in [0.05, 0.1) is 5.92 Å². The zero-order chi connectivity index (χ0) is 20.6. The minimum absolute atomic E-state index is 0.00819. The molecule has 2 N–H and O–H groups in total. The van der Waals surface area contributed by atoms with Crippen LogP contribution in [0.2, 0.25) is 0 Å². The molecule has 1 unspecified atom stereocenters. The molecule has 0 aromatic heterocycles. The van der Waals surface area contributed by atoms with Gasteiger partial charge in [0.2, 0.25) is 17.7 Å². The fourth-order valence-electron chi connectivity index (χ4n) is 3.64. The summed E-state index contributed by atoms with van der Waals surface area (Å²) in [5, 5.41) is 0. The van der Waals surface area contributed by atoms with Crippen LogP contribution < -0.4 is 5.73 Å². The lowest BCUT2D eigenvalue weighted by Crippen LogP contribution is -2.39. The largest absolute Gasteiger partial charge is 0.370 e. The van der Waals surface area contributed by atoms with Crippen molar-refractivity contribution in [2.24, 2.45) is 11.7 Å². The van der Waals surface area contributed by atoms with Crippen molar-refractivity contribution in [3.8, 4) is 0 Å². The molecule has 1 atom stereocenters. The third kappa shape index (κ3) is 5.91. The molecule has 152 valence electrons. The van der Waals surface area contributed by atoms with Crippen LogP contribution in [0.25, 0.3) is 0 Å². The maximum absolute atomic E-state index is 13.1. The molecule has 3 amide bonds. The van der Waals surface area contributed by atoms with Crippen molar-refractivity contribution in [2.45, 2.75) is 25.8 Å². The van der Waals surface area contributed by atoms with Crippen LogP contribution in [0.3, 0.4) is 0 Å². The number of amides is 3. The molecule has 0 radical (unpaired) electrons. The average Bonchev–Trinajstić information content (AvgIpc) is 3.11. The number of nitrogens with two attached hydrogens (primary N) is 1. The summed E-state index contributed by atoms with van der Waals surface area (Å²) in [7, 11) is 0. The molecule has 1 aliphatic heterocycles. The summed E-state index contributed by atoms with van der Waals surface area (Å²) in [6, 6.07) is 19.6. The molecule has 1 aliphatic rings. The second kappa shape index (κ2) is 9.87. The zero-order valence-electron chi connectivity index (χ0n) is 16.5. The summed E-state index contributed by atoms with van der Waals surface area (Å²) >= 11 is 0. The zero-order valence-corrected chi connectivity index (χ0v) is 16.5. The first kappa shape index (κ1) is 20.6. The van der Waals surface area contributed by atoms with Gasteiger partial charge in [0.25, 0.3) is 0 Å². The second-order valence-corrected chi connectivity index (χ2v) is 7.44. The number of likely N-dealkylation sites (tertiary alicyclic amines) is 1. The Balaban J connectivity index is 1.62. The summed E-state index contributed by atoms with van der Waals surface area (Å²) in [6.45, 7) is 1.69. The minimum atomic E-state index is -0.442. The first-order chi connectivity index (χ1) is 14.0. The van der Waals surface area contributed by atoms with Gasteiger partial charge in [-0.1, -0.05) is 60.7 Å². The molecule has 3 rings (SSSR count). The fourth-order valence-corrected chi connectivity index (χ4v) is 3.64. The fraction of sp³-hybridized carbons (Fsp3) is 0.348. The van der Waals surface area contributed by atoms with E-state index in [0.29, 0.717) is 19.6 Å². The molecular weight excluding hydrogens is 366 g/mol. The molecule has 1 heterocycles. The highest BCUT2D eigenvalue weighted by Crippen LogP contribution is 2.22. The van der Waals surface area contributed by atoms with Gasteiger partial charge in [0.15, 0.2) is 0 Å². The van der Waals surface area contributed by atoms with Crippen molar-refractivity contribution in [3.63, 3.8) is 0 Å². The molecule has 2 aromatic rings. The van der Waals surface area contributed by atoms with E-state index in [0.717, 1.165) is 12.0 Å². The van der Waals surface area contributed by atoms with Crippen LogP contribution in [-0.2, 0) is 27.3 Å². The molecule has 0 saturated carbocycles. The van der Waals surface area contributed by atoms with E-state index < -0.39 is 5.91 Å². The molecule has 1 saturated heterocycles. The predicted octanol–water partition coefficient (Wildman–Crippen LogP) is 1.98. The lowest BCUT2D eigenvalue weighted by Gasteiger charge is -2.25. The predicted molar refractivity (Wildman–Crippen MR) is 111 cm³/mol. The topological polar surface area (TPSA) is 83.7 Å². The molecule has 29 heavy (non-hydrogen) atoms. The number of hydrogen-bond donors (Lipinski definition) is 1. The highest BCUT2D eigenvalue weighted by atomic mass is 16.2. The van der Waals surface area contributed by atoms with Crippen LogP contribution in [0.4, 0.5) is 0 Å². The van der Waals surface area contributed by atoms with Crippen LogP contribution >= 0.6 is 0 Å². The Hall–Kier alpha value is -3.15. The second-order valence-electron chi connectivity index (χ2n) is 7.44. The SMILES string of the molecule is NC(=O)CCN(Cc1ccccc1)C(=O)C1CC(=O)N(CCc2ccccc2)C1. The highest BCUT2D eigenvalue weighted by Gasteiger charge is 2.36. The third-order valence-corrected chi connectivity index (χ3v) is 5.23. The van der Waals surface area contributed by atoms with Crippen LogP contribution in [0.15, 0.2) is 60.7 Å². The lowest BCUT2D eigenvalue weighted by atomic mass is 10.1. The van der Waals surface area contributed by atoms with Crippen LogP contribution in [0, 0.1) is 5.92 Å². The number of carbonyl (C=O) groups is 3. The first-order valence-electron chi connectivity index (χ1n) is 9.95. The Morgan fingerprint density at radius 1 is 1.00 bits per heavy atom. The van der Waals surface area contributed by atoms with Crippen LogP contribution in [0.1, 0.15) is 24.0 Å². The normalized spacial score (nSPS) is 16.1. The van der Waals surface area contributed by atoms with Crippen molar-refractivity contribution >= 4 is 17.7 Å². The monoisotopic (exact) mass is 393 g/mol. The van der Waals surface area contributed by atoms with Crippen molar-refractivity contribution in [1.29, 1.82) is 0 Å². The minimum Gasteiger partial charge on any atom is -0.370 e. The maximum Gasteiger partial charge on any atom is 0.228 e. The van der Waals surface area contributed by atoms with E-state index >= 15 is 0 Å². The van der Waals surface area contributed by atoms with Crippen molar-refractivity contribution < 1.29 is 14.4 Å². The lowest BCUT2D eigenvalue weighted by molar-refractivity contribution is -0.136. The van der Waals surface area contributed by atoms with Crippen LogP contribution in [0.5, 0.6) is 0 Å². The van der Waals surface area contributed by atoms with Gasteiger partial charge in [0, 0.05) is 39.0 Å². The average molecular weight is 393 g/mol. The van der Waals surface area contributed by atoms with E-state index in [1.807, 2.05) is 60.7 Å². The molecule has 6 heteroatoms. The van der Waals surface area contributed by atoms with Gasteiger partial charge in [0.1, 0.15) is 0 Å². The van der Waals surface area contributed by atoms with Gasteiger partial charge in [-0.15, -0.1) is 0 Å². The molecule has 1 fully saturated rings. The van der Waals surface area contributed by atoms with Gasteiger partial charge in [-0.3, -0.25) is 14.4 Å². The maximum atomic E-state index is 13.1. The van der Waals surface area contributed by atoms with Crippen molar-refractivity contribution in [3.05, 3.63) is 71.8 Å². The number of primary amides is 1. The molecule has 0 bridgehead atoms. The van der Waals surface area contributed by atoms with Crippen molar-refractivity contribution in [2.75, 3.05) is 19.6 Å². The van der Waals surface area contributed by atoms with E-state index in [-0.39, 0.29) is 37.1 Å². The molecule has 0 spiro atoms. The molecular formula is C23H27N3O3. The van der Waals surface area contributed by atoms with Gasteiger partial charge in [-0.25, -0.2) is 0 Å². The van der Waals surface area contributed by atoms with Gasteiger partial charge in [-0.2, -0.15) is 0 Å². The van der Waals surface area contributed by atoms with E-state index in [1.165, 1.54) is 5.56 Å². The molecule has 0 aliphatic carbocycles.